The van der Waals surface area contributed by atoms with Gasteiger partial charge in [0.25, 0.3) is 15.9 Å². The predicted molar refractivity (Wildman–Crippen MR) is 78.0 cm³/mol. The van der Waals surface area contributed by atoms with Gasteiger partial charge in [-0.15, -0.1) is 0 Å². The topological polar surface area (TPSA) is 114 Å². The van der Waals surface area contributed by atoms with Crippen LogP contribution < -0.4 is 9.46 Å². The zero-order valence-electron chi connectivity index (χ0n) is 12.3. The summed E-state index contributed by atoms with van der Waals surface area (Å²) in [6.07, 6.45) is 2.40. The van der Waals surface area contributed by atoms with E-state index in [-0.39, 0.29) is 22.4 Å². The summed E-state index contributed by atoms with van der Waals surface area (Å²) in [6.45, 7) is 5.10. The Bertz CT molecular complexity index is 783. The van der Waals surface area contributed by atoms with Crippen LogP contribution in [0.3, 0.4) is 0 Å². The van der Waals surface area contributed by atoms with E-state index in [0.717, 1.165) is 6.20 Å². The number of ether oxygens (including phenoxy) is 1. The Morgan fingerprint density at radius 2 is 2.14 bits per heavy atom. The molecule has 2 N–H and O–H groups in total. The molecule has 22 heavy (non-hydrogen) atoms. The molecule has 0 atom stereocenters. The van der Waals surface area contributed by atoms with E-state index >= 15 is 0 Å². The van der Waals surface area contributed by atoms with Gasteiger partial charge in [0.2, 0.25) is 5.88 Å². The third kappa shape index (κ3) is 3.42. The minimum Gasteiger partial charge on any atom is -0.474 e. The Kier molecular flexibility index (Phi) is 4.45. The molecule has 118 valence electrons. The molecule has 0 unspecified atom stereocenters. The number of nitrogens with one attached hydrogen (secondary N) is 2. The van der Waals surface area contributed by atoms with Crippen molar-refractivity contribution in [3.63, 3.8) is 0 Å². The van der Waals surface area contributed by atoms with Crippen LogP contribution in [0.2, 0.25) is 0 Å². The van der Waals surface area contributed by atoms with Gasteiger partial charge >= 0.3 is 0 Å². The summed E-state index contributed by atoms with van der Waals surface area (Å²) < 4.78 is 31.7. The lowest BCUT2D eigenvalue weighted by Crippen LogP contribution is -2.31. The van der Waals surface area contributed by atoms with Crippen molar-refractivity contribution in [2.75, 3.05) is 0 Å². The molecular weight excluding hydrogens is 308 g/mol. The summed E-state index contributed by atoms with van der Waals surface area (Å²) in [5.41, 5.74) is 0.381. The van der Waals surface area contributed by atoms with Crippen molar-refractivity contribution in [2.24, 2.45) is 0 Å². The van der Waals surface area contributed by atoms with Gasteiger partial charge < -0.3 is 4.74 Å². The molecule has 0 saturated carbocycles. The molecule has 2 aromatic rings. The van der Waals surface area contributed by atoms with Crippen LogP contribution in [0.25, 0.3) is 0 Å². The molecule has 0 aliphatic rings. The van der Waals surface area contributed by atoms with Crippen molar-refractivity contribution in [1.29, 1.82) is 0 Å². The number of aromatic nitrogens is 3. The van der Waals surface area contributed by atoms with Crippen molar-refractivity contribution < 1.29 is 17.9 Å². The Balaban J connectivity index is 2.29. The van der Waals surface area contributed by atoms with E-state index in [4.69, 9.17) is 4.74 Å². The maximum absolute atomic E-state index is 12.2. The first-order chi connectivity index (χ1) is 10.3. The maximum atomic E-state index is 12.2. The zero-order valence-corrected chi connectivity index (χ0v) is 13.1. The second-order valence-electron chi connectivity index (χ2n) is 4.82. The molecular formula is C13H16N4O4S. The average molecular weight is 324 g/mol. The van der Waals surface area contributed by atoms with Gasteiger partial charge in [-0.3, -0.25) is 9.89 Å². The van der Waals surface area contributed by atoms with Crippen molar-refractivity contribution in [3.8, 4) is 5.88 Å². The first-order valence-corrected chi connectivity index (χ1v) is 7.98. The number of rotatable bonds is 5. The van der Waals surface area contributed by atoms with Gasteiger partial charge in [0, 0.05) is 6.20 Å². The third-order valence-corrected chi connectivity index (χ3v) is 4.11. The van der Waals surface area contributed by atoms with Crippen LogP contribution in [0, 0.1) is 6.92 Å². The van der Waals surface area contributed by atoms with Crippen LogP contribution >= 0.6 is 0 Å². The quantitative estimate of drug-likeness (QED) is 0.848. The van der Waals surface area contributed by atoms with Crippen LogP contribution in [0.1, 0.15) is 29.9 Å². The Morgan fingerprint density at radius 3 is 2.73 bits per heavy atom. The number of aromatic amines is 1. The molecule has 0 aromatic carbocycles. The lowest BCUT2D eigenvalue weighted by molar-refractivity contribution is 0.0974. The second-order valence-corrected chi connectivity index (χ2v) is 6.47. The fraction of sp³-hybridized carbons (Fsp3) is 0.308. The summed E-state index contributed by atoms with van der Waals surface area (Å²) >= 11 is 0. The predicted octanol–water partition coefficient (Wildman–Crippen LogP) is 1.02. The van der Waals surface area contributed by atoms with Crippen LogP contribution in [0.5, 0.6) is 5.88 Å². The number of pyridine rings is 1. The molecule has 0 aliphatic heterocycles. The van der Waals surface area contributed by atoms with Crippen molar-refractivity contribution in [1.82, 2.24) is 19.9 Å². The van der Waals surface area contributed by atoms with Gasteiger partial charge in [-0.2, -0.15) is 5.10 Å². The van der Waals surface area contributed by atoms with Gasteiger partial charge in [0.1, 0.15) is 10.5 Å². The Hall–Kier alpha value is -2.42. The fourth-order valence-corrected chi connectivity index (χ4v) is 2.83. The number of carbonyl (C=O) groups is 1. The van der Waals surface area contributed by atoms with E-state index in [1.54, 1.807) is 20.8 Å². The molecule has 0 fully saturated rings. The zero-order chi connectivity index (χ0) is 16.3. The average Bonchev–Trinajstić information content (AvgIpc) is 2.85. The smallest absolute Gasteiger partial charge is 0.270 e. The minimum absolute atomic E-state index is 0.0425. The second kappa shape index (κ2) is 6.14. The molecule has 9 heteroatoms. The van der Waals surface area contributed by atoms with Gasteiger partial charge in [0.05, 0.1) is 18.0 Å². The number of carbonyl (C=O) groups excluding carboxylic acids is 1. The van der Waals surface area contributed by atoms with Crippen LogP contribution in [0.15, 0.2) is 29.4 Å². The van der Waals surface area contributed by atoms with Gasteiger partial charge in [0.15, 0.2) is 0 Å². The lowest BCUT2D eigenvalue weighted by Gasteiger charge is -2.12. The number of hydrogen-bond acceptors (Lipinski definition) is 6. The molecule has 0 bridgehead atoms. The normalized spacial score (nSPS) is 11.5. The maximum Gasteiger partial charge on any atom is 0.270 e. The summed E-state index contributed by atoms with van der Waals surface area (Å²) in [5, 5.41) is 6.14. The molecule has 0 aliphatic carbocycles. The third-order valence-electron chi connectivity index (χ3n) is 2.66. The summed E-state index contributed by atoms with van der Waals surface area (Å²) in [4.78, 5) is 16.1. The van der Waals surface area contributed by atoms with Crippen LogP contribution in [-0.2, 0) is 10.0 Å². The number of H-pyrrole nitrogens is 1. The Morgan fingerprint density at radius 1 is 1.41 bits per heavy atom. The highest BCUT2D eigenvalue weighted by Crippen LogP contribution is 2.17. The van der Waals surface area contributed by atoms with Gasteiger partial charge in [-0.1, -0.05) is 0 Å². The molecule has 2 heterocycles. The highest BCUT2D eigenvalue weighted by molar-refractivity contribution is 7.90. The van der Waals surface area contributed by atoms with Crippen molar-refractivity contribution in [3.05, 3.63) is 35.8 Å². The highest BCUT2D eigenvalue weighted by Gasteiger charge is 2.24. The first kappa shape index (κ1) is 16.0. The molecule has 2 aromatic heterocycles. The summed E-state index contributed by atoms with van der Waals surface area (Å²) in [7, 11) is -4.02. The molecule has 0 spiro atoms. The van der Waals surface area contributed by atoms with Crippen LogP contribution in [-0.4, -0.2) is 35.6 Å². The number of aryl methyl sites for hydroxylation is 1. The molecule has 1 amide bonds. The SMILES string of the molecule is Cc1[nH]ncc1S(=O)(=O)NC(=O)c1cccnc1OC(C)C. The number of sulfonamides is 1. The summed E-state index contributed by atoms with van der Waals surface area (Å²) in [5.74, 6) is -0.738. The lowest BCUT2D eigenvalue weighted by atomic mass is 10.2. The first-order valence-electron chi connectivity index (χ1n) is 6.50. The van der Waals surface area contributed by atoms with Crippen molar-refractivity contribution >= 4 is 15.9 Å². The monoisotopic (exact) mass is 324 g/mol. The van der Waals surface area contributed by atoms with Gasteiger partial charge in [-0.25, -0.2) is 18.1 Å². The number of hydrogen-bond donors (Lipinski definition) is 2. The molecule has 2 rings (SSSR count). The highest BCUT2D eigenvalue weighted by atomic mass is 32.2. The largest absolute Gasteiger partial charge is 0.474 e. The van der Waals surface area contributed by atoms with E-state index in [0.29, 0.717) is 5.69 Å². The minimum atomic E-state index is -4.02. The Labute approximate surface area is 128 Å². The fourth-order valence-electron chi connectivity index (χ4n) is 1.72. The number of amides is 1. The standard InChI is InChI=1S/C13H16N4O4S/c1-8(2)21-13-10(5-4-6-14-13)12(18)17-22(19,20)11-7-15-16-9(11)3/h4-8H,1-3H3,(H,15,16)(H,17,18). The molecule has 8 nitrogen and oxygen atoms in total. The summed E-state index contributed by atoms with van der Waals surface area (Å²) in [6, 6.07) is 2.97. The van der Waals surface area contributed by atoms with Crippen molar-refractivity contribution in [2.45, 2.75) is 31.8 Å². The van der Waals surface area contributed by atoms with E-state index < -0.39 is 15.9 Å². The van der Waals surface area contributed by atoms with Crippen LogP contribution in [0.4, 0.5) is 0 Å². The molecule has 0 radical (unpaired) electrons. The molecule has 0 saturated heterocycles. The van der Waals surface area contributed by atoms with E-state index in [9.17, 15) is 13.2 Å². The van der Waals surface area contributed by atoms with E-state index in [2.05, 4.69) is 15.2 Å². The number of nitrogens with zero attached hydrogens (tertiary/aromatic N) is 2. The van der Waals surface area contributed by atoms with E-state index in [1.807, 2.05) is 4.72 Å². The van der Waals surface area contributed by atoms with E-state index in [1.165, 1.54) is 18.3 Å². The van der Waals surface area contributed by atoms with Gasteiger partial charge in [-0.05, 0) is 32.9 Å².